The van der Waals surface area contributed by atoms with Gasteiger partial charge < -0.3 is 23.9 Å². The Labute approximate surface area is 170 Å². The third-order valence-electron chi connectivity index (χ3n) is 4.24. The molecular weight excluding hydrogens is 394 g/mol. The molecule has 2 aromatic heterocycles. The van der Waals surface area contributed by atoms with Crippen LogP contribution in [0.25, 0.3) is 0 Å². The average Bonchev–Trinajstić information content (AvgIpc) is 3.47. The molecule has 30 heavy (non-hydrogen) atoms. The first-order valence-corrected chi connectivity index (χ1v) is 8.97. The highest BCUT2D eigenvalue weighted by Gasteiger charge is 2.21. The molecule has 0 saturated heterocycles. The molecular formula is C20H17N3O7. The van der Waals surface area contributed by atoms with Gasteiger partial charge in [0.25, 0.3) is 5.91 Å². The lowest BCUT2D eigenvalue weighted by molar-refractivity contribution is -0.119. The van der Waals surface area contributed by atoms with E-state index in [0.29, 0.717) is 23.8 Å². The summed E-state index contributed by atoms with van der Waals surface area (Å²) in [6, 6.07) is 7.85. The highest BCUT2D eigenvalue weighted by Crippen LogP contribution is 2.37. The largest absolute Gasteiger partial charge is 0.454 e. The van der Waals surface area contributed by atoms with Crippen LogP contribution in [-0.2, 0) is 16.1 Å². The topological polar surface area (TPSA) is 122 Å². The number of carbonyl (C=O) groups excluding carboxylic acids is 3. The van der Waals surface area contributed by atoms with Crippen molar-refractivity contribution in [1.82, 2.24) is 9.78 Å². The summed E-state index contributed by atoms with van der Waals surface area (Å²) < 4.78 is 22.6. The number of fused-ring (bicyclic) bond motifs is 1. The van der Waals surface area contributed by atoms with Crippen LogP contribution in [-0.4, -0.2) is 40.8 Å². The molecule has 0 fully saturated rings. The summed E-state index contributed by atoms with van der Waals surface area (Å²) >= 11 is 0. The monoisotopic (exact) mass is 411 g/mol. The Balaban J connectivity index is 1.35. The number of nitrogens with zero attached hydrogens (tertiary/aromatic N) is 2. The smallest absolute Gasteiger partial charge is 0.374 e. The minimum absolute atomic E-state index is 0.0301. The van der Waals surface area contributed by atoms with Crippen molar-refractivity contribution < 1.29 is 33.0 Å². The minimum atomic E-state index is -0.783. The predicted molar refractivity (Wildman–Crippen MR) is 102 cm³/mol. The standard InChI is InChI=1S/C20H17N3O7/c1-12(24)14-7-17-18(29-11-28-17)8-15(14)22-19(25)10-27-20(26)16-4-3-13(30-16)9-23-6-2-5-21-23/h2-8H,9-11H2,1H3,(H,22,25). The normalized spacial score (nSPS) is 11.9. The number of Topliss-reactive ketones (excluding diaryl/α,β-unsaturated/α-hetero) is 1. The molecule has 0 atom stereocenters. The third-order valence-corrected chi connectivity index (χ3v) is 4.24. The van der Waals surface area contributed by atoms with Crippen LogP contribution in [0.5, 0.6) is 11.5 Å². The Morgan fingerprint density at radius 3 is 2.73 bits per heavy atom. The van der Waals surface area contributed by atoms with E-state index in [1.165, 1.54) is 25.1 Å². The predicted octanol–water partition coefficient (Wildman–Crippen LogP) is 2.25. The molecule has 4 rings (SSSR count). The van der Waals surface area contributed by atoms with Crippen LogP contribution >= 0.6 is 0 Å². The second-order valence-corrected chi connectivity index (χ2v) is 6.40. The number of hydrogen-bond donors (Lipinski definition) is 1. The Bertz CT molecular complexity index is 1100. The Hall–Kier alpha value is -4.08. The molecule has 1 amide bonds. The van der Waals surface area contributed by atoms with Gasteiger partial charge in [0.1, 0.15) is 5.76 Å². The summed E-state index contributed by atoms with van der Waals surface area (Å²) in [4.78, 5) is 36.2. The second-order valence-electron chi connectivity index (χ2n) is 6.40. The SMILES string of the molecule is CC(=O)c1cc2c(cc1NC(=O)COC(=O)c1ccc(Cn3cccn3)o1)OCO2. The molecule has 0 bridgehead atoms. The number of ether oxygens (including phenoxy) is 3. The van der Waals surface area contributed by atoms with Gasteiger partial charge in [-0.05, 0) is 31.2 Å². The number of anilines is 1. The molecule has 3 aromatic rings. The highest BCUT2D eigenvalue weighted by atomic mass is 16.7. The molecule has 0 unspecified atom stereocenters. The second kappa shape index (κ2) is 8.11. The molecule has 0 aliphatic carbocycles. The average molecular weight is 411 g/mol. The fourth-order valence-corrected chi connectivity index (χ4v) is 2.85. The van der Waals surface area contributed by atoms with Crippen molar-refractivity contribution in [2.75, 3.05) is 18.7 Å². The van der Waals surface area contributed by atoms with Crippen molar-refractivity contribution in [3.8, 4) is 11.5 Å². The van der Waals surface area contributed by atoms with Crippen molar-refractivity contribution in [2.24, 2.45) is 0 Å². The van der Waals surface area contributed by atoms with Gasteiger partial charge >= 0.3 is 5.97 Å². The number of benzene rings is 1. The Morgan fingerprint density at radius 1 is 1.20 bits per heavy atom. The van der Waals surface area contributed by atoms with Crippen LogP contribution in [0.2, 0.25) is 0 Å². The summed E-state index contributed by atoms with van der Waals surface area (Å²) in [5.41, 5.74) is 0.500. The van der Waals surface area contributed by atoms with Gasteiger partial charge in [-0.25, -0.2) is 4.79 Å². The van der Waals surface area contributed by atoms with Crippen molar-refractivity contribution in [3.63, 3.8) is 0 Å². The summed E-state index contributed by atoms with van der Waals surface area (Å²) in [7, 11) is 0. The molecule has 1 N–H and O–H groups in total. The van der Waals surface area contributed by atoms with Crippen molar-refractivity contribution in [2.45, 2.75) is 13.5 Å². The van der Waals surface area contributed by atoms with E-state index in [4.69, 9.17) is 18.6 Å². The van der Waals surface area contributed by atoms with E-state index in [0.717, 1.165) is 0 Å². The fraction of sp³-hybridized carbons (Fsp3) is 0.200. The maximum absolute atomic E-state index is 12.2. The molecule has 3 heterocycles. The van der Waals surface area contributed by atoms with Crippen LogP contribution in [0.15, 0.2) is 47.1 Å². The lowest BCUT2D eigenvalue weighted by Crippen LogP contribution is -2.21. The van der Waals surface area contributed by atoms with Gasteiger partial charge in [0.05, 0.1) is 12.2 Å². The molecule has 1 aliphatic rings. The van der Waals surface area contributed by atoms with Gasteiger partial charge in [-0.2, -0.15) is 5.10 Å². The molecule has 10 heteroatoms. The van der Waals surface area contributed by atoms with Gasteiger partial charge in [0.2, 0.25) is 12.6 Å². The van der Waals surface area contributed by atoms with Gasteiger partial charge in [0, 0.05) is 24.0 Å². The molecule has 0 radical (unpaired) electrons. The number of nitrogens with one attached hydrogen (secondary N) is 1. The maximum Gasteiger partial charge on any atom is 0.374 e. The molecule has 1 aromatic carbocycles. The molecule has 154 valence electrons. The number of furan rings is 1. The molecule has 0 spiro atoms. The summed E-state index contributed by atoms with van der Waals surface area (Å²) in [5.74, 6) is -0.344. The number of carbonyl (C=O) groups is 3. The van der Waals surface area contributed by atoms with Gasteiger partial charge in [-0.3, -0.25) is 14.3 Å². The Morgan fingerprint density at radius 2 is 2.00 bits per heavy atom. The lowest BCUT2D eigenvalue weighted by Gasteiger charge is -2.10. The zero-order chi connectivity index (χ0) is 21.1. The van der Waals surface area contributed by atoms with Crippen LogP contribution in [0, 0.1) is 0 Å². The number of hydrogen-bond acceptors (Lipinski definition) is 8. The van der Waals surface area contributed by atoms with E-state index in [1.54, 1.807) is 29.2 Å². The van der Waals surface area contributed by atoms with Gasteiger partial charge in [-0.1, -0.05) is 0 Å². The first-order valence-electron chi connectivity index (χ1n) is 8.97. The molecule has 10 nitrogen and oxygen atoms in total. The maximum atomic E-state index is 12.2. The van der Waals surface area contributed by atoms with Gasteiger partial charge in [-0.15, -0.1) is 0 Å². The van der Waals surface area contributed by atoms with E-state index in [-0.39, 0.29) is 29.6 Å². The quantitative estimate of drug-likeness (QED) is 0.464. The Kier molecular flexibility index (Phi) is 5.21. The third kappa shape index (κ3) is 4.17. The van der Waals surface area contributed by atoms with Crippen LogP contribution in [0.1, 0.15) is 33.6 Å². The lowest BCUT2D eigenvalue weighted by atomic mass is 10.1. The fourth-order valence-electron chi connectivity index (χ4n) is 2.85. The minimum Gasteiger partial charge on any atom is -0.454 e. The van der Waals surface area contributed by atoms with E-state index in [1.807, 2.05) is 0 Å². The van der Waals surface area contributed by atoms with Crippen LogP contribution < -0.4 is 14.8 Å². The van der Waals surface area contributed by atoms with Crippen molar-refractivity contribution in [1.29, 1.82) is 0 Å². The van der Waals surface area contributed by atoms with E-state index in [9.17, 15) is 14.4 Å². The number of rotatable bonds is 7. The number of amides is 1. The van der Waals surface area contributed by atoms with E-state index in [2.05, 4.69) is 10.4 Å². The van der Waals surface area contributed by atoms with Crippen molar-refractivity contribution >= 4 is 23.3 Å². The van der Waals surface area contributed by atoms with Crippen LogP contribution in [0.4, 0.5) is 5.69 Å². The van der Waals surface area contributed by atoms with Crippen LogP contribution in [0.3, 0.4) is 0 Å². The summed E-state index contributed by atoms with van der Waals surface area (Å²) in [5, 5.41) is 6.60. The summed E-state index contributed by atoms with van der Waals surface area (Å²) in [6.45, 7) is 1.21. The summed E-state index contributed by atoms with van der Waals surface area (Å²) in [6.07, 6.45) is 3.39. The van der Waals surface area contributed by atoms with Gasteiger partial charge in [0.15, 0.2) is 23.9 Å². The highest BCUT2D eigenvalue weighted by molar-refractivity contribution is 6.05. The first-order chi connectivity index (χ1) is 14.5. The zero-order valence-corrected chi connectivity index (χ0v) is 15.9. The van der Waals surface area contributed by atoms with Crippen molar-refractivity contribution in [3.05, 3.63) is 59.8 Å². The zero-order valence-electron chi connectivity index (χ0n) is 15.9. The number of ketones is 1. The molecule has 1 aliphatic heterocycles. The number of esters is 1. The van der Waals surface area contributed by atoms with E-state index < -0.39 is 18.5 Å². The first kappa shape index (κ1) is 19.2. The molecule has 0 saturated carbocycles. The van der Waals surface area contributed by atoms with E-state index >= 15 is 0 Å². The number of aromatic nitrogens is 2.